The van der Waals surface area contributed by atoms with Crippen LogP contribution >= 0.6 is 11.8 Å². The van der Waals surface area contributed by atoms with Crippen LogP contribution in [0.15, 0.2) is 59.5 Å². The van der Waals surface area contributed by atoms with E-state index in [1.807, 2.05) is 68.4 Å². The van der Waals surface area contributed by atoms with Crippen LogP contribution in [0.2, 0.25) is 0 Å². The van der Waals surface area contributed by atoms with Crippen molar-refractivity contribution in [2.75, 3.05) is 6.54 Å². The maximum Gasteiger partial charge on any atom is 0.267 e. The molecule has 0 bridgehead atoms. The van der Waals surface area contributed by atoms with Crippen molar-refractivity contribution in [1.82, 2.24) is 4.90 Å². The highest BCUT2D eigenvalue weighted by Crippen LogP contribution is 2.38. The van der Waals surface area contributed by atoms with Crippen LogP contribution < -0.4 is 4.74 Å². The Bertz CT molecular complexity index is 904. The number of hydrogen-bond acceptors (Lipinski definition) is 4. The van der Waals surface area contributed by atoms with Gasteiger partial charge in [-0.05, 0) is 43.5 Å². The van der Waals surface area contributed by atoms with Crippen molar-refractivity contribution in [3.05, 3.63) is 70.6 Å². The highest BCUT2D eigenvalue weighted by Gasteiger charge is 2.38. The third-order valence-electron chi connectivity index (χ3n) is 4.85. The molecule has 2 aromatic rings. The van der Waals surface area contributed by atoms with E-state index in [0.29, 0.717) is 22.8 Å². The van der Waals surface area contributed by atoms with Crippen LogP contribution in [0.25, 0.3) is 5.57 Å². The lowest BCUT2D eigenvalue weighted by Gasteiger charge is -2.15. The van der Waals surface area contributed by atoms with Crippen LogP contribution in [-0.2, 0) is 15.3 Å². The number of ether oxygens (including phenoxy) is 1. The van der Waals surface area contributed by atoms with Gasteiger partial charge < -0.3 is 4.74 Å². The van der Waals surface area contributed by atoms with Gasteiger partial charge in [-0.1, -0.05) is 62.2 Å². The summed E-state index contributed by atoms with van der Waals surface area (Å²) >= 11 is 1.45. The van der Waals surface area contributed by atoms with Crippen molar-refractivity contribution >= 4 is 29.1 Å². The van der Waals surface area contributed by atoms with Crippen molar-refractivity contribution < 1.29 is 14.3 Å². The zero-order valence-corrected chi connectivity index (χ0v) is 18.7. The maximum atomic E-state index is 13.2. The summed E-state index contributed by atoms with van der Waals surface area (Å²) in [4.78, 5) is 28.3. The smallest absolute Gasteiger partial charge is 0.267 e. The zero-order chi connectivity index (χ0) is 21.5. The van der Waals surface area contributed by atoms with Crippen molar-refractivity contribution in [2.24, 2.45) is 0 Å². The highest BCUT2D eigenvalue weighted by molar-refractivity contribution is 8.03. The van der Waals surface area contributed by atoms with Crippen LogP contribution in [0, 0.1) is 0 Å². The largest absolute Gasteiger partial charge is 0.491 e. The Morgan fingerprint density at radius 2 is 1.63 bits per heavy atom. The minimum atomic E-state index is -0.191. The first kappa shape index (κ1) is 22.2. The summed E-state index contributed by atoms with van der Waals surface area (Å²) in [6.45, 7) is 6.53. The zero-order valence-electron chi connectivity index (χ0n) is 17.9. The Balaban J connectivity index is 1.88. The molecule has 1 aliphatic heterocycles. The molecule has 0 spiro atoms. The van der Waals surface area contributed by atoms with E-state index in [2.05, 4.69) is 6.92 Å². The molecule has 2 aromatic carbocycles. The first-order chi connectivity index (χ1) is 14.5. The van der Waals surface area contributed by atoms with Gasteiger partial charge in [0.05, 0.1) is 16.6 Å². The SMILES string of the molecule is CCCCCN1C(=O)C(SCc2ccccc2)=C(c2ccc(OC(C)C)cc2)C1=O. The minimum absolute atomic E-state index is 0.0794. The molecule has 3 rings (SSSR count). The van der Waals surface area contributed by atoms with Gasteiger partial charge in [0.1, 0.15) is 5.75 Å². The van der Waals surface area contributed by atoms with Gasteiger partial charge in [-0.2, -0.15) is 0 Å². The Morgan fingerprint density at radius 1 is 0.933 bits per heavy atom. The van der Waals surface area contributed by atoms with Crippen LogP contribution in [0.4, 0.5) is 0 Å². The van der Waals surface area contributed by atoms with E-state index in [9.17, 15) is 9.59 Å². The number of benzene rings is 2. The van der Waals surface area contributed by atoms with E-state index in [1.165, 1.54) is 16.7 Å². The lowest BCUT2D eigenvalue weighted by molar-refractivity contribution is -0.136. The summed E-state index contributed by atoms with van der Waals surface area (Å²) in [5.41, 5.74) is 2.39. The molecule has 0 fully saturated rings. The summed E-state index contributed by atoms with van der Waals surface area (Å²) in [5.74, 6) is 1.04. The Kier molecular flexibility index (Phi) is 7.75. The van der Waals surface area contributed by atoms with Gasteiger partial charge >= 0.3 is 0 Å². The minimum Gasteiger partial charge on any atom is -0.491 e. The molecule has 30 heavy (non-hydrogen) atoms. The van der Waals surface area contributed by atoms with Crippen molar-refractivity contribution in [2.45, 2.75) is 51.9 Å². The molecule has 4 nitrogen and oxygen atoms in total. The summed E-state index contributed by atoms with van der Waals surface area (Å²) in [6, 6.07) is 17.5. The lowest BCUT2D eigenvalue weighted by atomic mass is 10.1. The molecule has 0 saturated heterocycles. The van der Waals surface area contributed by atoms with E-state index in [4.69, 9.17) is 4.74 Å². The number of unbranched alkanes of at least 4 members (excludes halogenated alkanes) is 2. The van der Waals surface area contributed by atoms with Crippen LogP contribution in [0.3, 0.4) is 0 Å². The number of nitrogens with zero attached hydrogens (tertiary/aromatic N) is 1. The molecule has 0 unspecified atom stereocenters. The van der Waals surface area contributed by atoms with Crippen LogP contribution in [-0.4, -0.2) is 29.4 Å². The number of imide groups is 1. The first-order valence-electron chi connectivity index (χ1n) is 10.6. The molecule has 5 heteroatoms. The number of thioether (sulfide) groups is 1. The van der Waals surface area contributed by atoms with Gasteiger partial charge in [-0.25, -0.2) is 0 Å². The van der Waals surface area contributed by atoms with Crippen LogP contribution in [0.1, 0.15) is 51.2 Å². The lowest BCUT2D eigenvalue weighted by Crippen LogP contribution is -2.32. The number of amides is 2. The maximum absolute atomic E-state index is 13.2. The quantitative estimate of drug-likeness (QED) is 0.364. The number of carbonyl (C=O) groups excluding carboxylic acids is 2. The fraction of sp³-hybridized carbons (Fsp3) is 0.360. The van der Waals surface area contributed by atoms with Gasteiger partial charge in [-0.15, -0.1) is 11.8 Å². The standard InChI is InChI=1S/C25H29NO3S/c1-4-5-9-16-26-24(27)22(20-12-14-21(15-13-20)29-18(2)3)23(25(26)28)30-17-19-10-7-6-8-11-19/h6-8,10-15,18H,4-5,9,16-17H2,1-3H3. The molecule has 0 atom stereocenters. The first-order valence-corrected chi connectivity index (χ1v) is 11.5. The molecule has 2 amide bonds. The van der Waals surface area contributed by atoms with E-state index in [1.54, 1.807) is 0 Å². The molecule has 158 valence electrons. The van der Waals surface area contributed by atoms with Gasteiger partial charge in [0, 0.05) is 12.3 Å². The highest BCUT2D eigenvalue weighted by atomic mass is 32.2. The number of hydrogen-bond donors (Lipinski definition) is 0. The molecule has 0 radical (unpaired) electrons. The third kappa shape index (κ3) is 5.33. The third-order valence-corrected chi connectivity index (χ3v) is 6.00. The summed E-state index contributed by atoms with van der Waals surface area (Å²) in [5, 5.41) is 0. The second-order valence-corrected chi connectivity index (χ2v) is 8.62. The van der Waals surface area contributed by atoms with Crippen molar-refractivity contribution in [1.29, 1.82) is 0 Å². The second-order valence-electron chi connectivity index (χ2n) is 7.64. The fourth-order valence-electron chi connectivity index (χ4n) is 3.37. The Hall–Kier alpha value is -2.53. The Labute approximate surface area is 183 Å². The number of rotatable bonds is 10. The number of carbonyl (C=O) groups is 2. The van der Waals surface area contributed by atoms with Gasteiger partial charge in [0.2, 0.25) is 0 Å². The average Bonchev–Trinajstić information content (AvgIpc) is 2.97. The molecular formula is C25H29NO3S. The average molecular weight is 424 g/mol. The van der Waals surface area contributed by atoms with Gasteiger partial charge in [-0.3, -0.25) is 14.5 Å². The molecule has 0 saturated carbocycles. The van der Waals surface area contributed by atoms with Gasteiger partial charge in [0.15, 0.2) is 0 Å². The molecule has 0 aliphatic carbocycles. The molecular weight excluding hydrogens is 394 g/mol. The summed E-state index contributed by atoms with van der Waals surface area (Å²) in [6.07, 6.45) is 2.96. The monoisotopic (exact) mass is 423 g/mol. The van der Waals surface area contributed by atoms with E-state index in [-0.39, 0.29) is 17.9 Å². The van der Waals surface area contributed by atoms with Gasteiger partial charge in [0.25, 0.3) is 11.8 Å². The fourth-order valence-corrected chi connectivity index (χ4v) is 4.45. The topological polar surface area (TPSA) is 46.6 Å². The molecule has 0 aromatic heterocycles. The second kappa shape index (κ2) is 10.5. The van der Waals surface area contributed by atoms with Crippen LogP contribution in [0.5, 0.6) is 5.75 Å². The van der Waals surface area contributed by atoms with Crippen molar-refractivity contribution in [3.8, 4) is 5.75 Å². The summed E-state index contributed by atoms with van der Waals surface area (Å²) in [7, 11) is 0. The molecule has 0 N–H and O–H groups in total. The Morgan fingerprint density at radius 3 is 2.27 bits per heavy atom. The van der Waals surface area contributed by atoms with E-state index >= 15 is 0 Å². The predicted octanol–water partition coefficient (Wildman–Crippen LogP) is 5.68. The normalized spacial score (nSPS) is 14.2. The van der Waals surface area contributed by atoms with Crippen molar-refractivity contribution in [3.63, 3.8) is 0 Å². The predicted molar refractivity (Wildman–Crippen MR) is 123 cm³/mol. The molecule has 1 aliphatic rings. The summed E-state index contributed by atoms with van der Waals surface area (Å²) < 4.78 is 5.71. The van der Waals surface area contributed by atoms with E-state index in [0.717, 1.165) is 36.1 Å². The van der Waals surface area contributed by atoms with E-state index < -0.39 is 0 Å². The molecule has 1 heterocycles.